The van der Waals surface area contributed by atoms with Crippen LogP contribution in [0, 0.1) is 10.5 Å². The minimum absolute atomic E-state index is 0.0288. The molecule has 0 aliphatic carbocycles. The van der Waals surface area contributed by atoms with Gasteiger partial charge >= 0.3 is 0 Å². The lowest BCUT2D eigenvalue weighted by atomic mass is 9.86. The highest BCUT2D eigenvalue weighted by Crippen LogP contribution is 2.36. The number of aryl methyl sites for hydroxylation is 1. The van der Waals surface area contributed by atoms with E-state index in [2.05, 4.69) is 68.5 Å². The van der Waals surface area contributed by atoms with Crippen LogP contribution in [0.3, 0.4) is 0 Å². The largest absolute Gasteiger partial charge is 0.455 e. The molecule has 2 aromatic rings. The van der Waals surface area contributed by atoms with E-state index in [0.29, 0.717) is 11.4 Å². The van der Waals surface area contributed by atoms with Gasteiger partial charge in [-0.25, -0.2) is 0 Å². The molecule has 0 saturated heterocycles. The second-order valence-corrected chi connectivity index (χ2v) is 7.28. The van der Waals surface area contributed by atoms with E-state index < -0.39 is 0 Å². The Labute approximate surface area is 134 Å². The number of hydrogen-bond donors (Lipinski definition) is 1. The smallest absolute Gasteiger partial charge is 0.150 e. The second kappa shape index (κ2) is 5.64. The molecule has 0 radical (unpaired) electrons. The van der Waals surface area contributed by atoms with E-state index in [1.165, 1.54) is 11.1 Å². The van der Waals surface area contributed by atoms with Crippen LogP contribution in [-0.2, 0) is 5.41 Å². The first-order valence-electron chi connectivity index (χ1n) is 6.61. The van der Waals surface area contributed by atoms with Crippen LogP contribution < -0.4 is 10.5 Å². The molecule has 0 bridgehead atoms. The Kier molecular flexibility index (Phi) is 4.28. The molecule has 2 nitrogen and oxygen atoms in total. The van der Waals surface area contributed by atoms with Crippen molar-refractivity contribution in [3.63, 3.8) is 0 Å². The van der Waals surface area contributed by atoms with Crippen LogP contribution in [0.1, 0.15) is 31.9 Å². The summed E-state index contributed by atoms with van der Waals surface area (Å²) < 4.78 is 7.18. The summed E-state index contributed by atoms with van der Waals surface area (Å²) in [5, 5.41) is 0. The Balaban J connectivity index is 2.45. The molecule has 0 unspecified atom stereocenters. The van der Waals surface area contributed by atoms with Gasteiger partial charge in [0.2, 0.25) is 0 Å². The number of nitrogens with two attached hydrogens (primary N) is 1. The number of benzene rings is 2. The van der Waals surface area contributed by atoms with Gasteiger partial charge in [-0.05, 0) is 64.8 Å². The van der Waals surface area contributed by atoms with Gasteiger partial charge in [0, 0.05) is 9.13 Å². The van der Waals surface area contributed by atoms with E-state index in [1.807, 2.05) is 18.2 Å². The fourth-order valence-corrected chi connectivity index (χ4v) is 2.58. The Morgan fingerprint density at radius 1 is 1.00 bits per heavy atom. The monoisotopic (exact) mass is 381 g/mol. The summed E-state index contributed by atoms with van der Waals surface area (Å²) >= 11 is 2.24. The zero-order valence-corrected chi connectivity index (χ0v) is 14.5. The predicted octanol–water partition coefficient (Wildman–Crippen LogP) is 5.27. The van der Waals surface area contributed by atoms with Crippen LogP contribution >= 0.6 is 22.6 Å². The van der Waals surface area contributed by atoms with Crippen molar-refractivity contribution in [2.24, 2.45) is 0 Å². The van der Waals surface area contributed by atoms with Crippen molar-refractivity contribution in [2.75, 3.05) is 5.73 Å². The first kappa shape index (κ1) is 15.2. The number of ether oxygens (including phenoxy) is 1. The topological polar surface area (TPSA) is 35.2 Å². The van der Waals surface area contributed by atoms with Gasteiger partial charge in [0.1, 0.15) is 11.5 Å². The maximum atomic E-state index is 6.07. The summed E-state index contributed by atoms with van der Waals surface area (Å²) in [5.41, 5.74) is 9.09. The molecule has 2 N–H and O–H groups in total. The van der Waals surface area contributed by atoms with E-state index in [9.17, 15) is 0 Å². The summed E-state index contributed by atoms with van der Waals surface area (Å²) in [6.07, 6.45) is 0. The molecule has 0 heterocycles. The number of hydrogen-bond acceptors (Lipinski definition) is 2. The van der Waals surface area contributed by atoms with Crippen LogP contribution in [0.25, 0.3) is 0 Å². The maximum Gasteiger partial charge on any atom is 0.150 e. The van der Waals surface area contributed by atoms with Crippen molar-refractivity contribution in [1.29, 1.82) is 0 Å². The van der Waals surface area contributed by atoms with E-state index in [1.54, 1.807) is 0 Å². The Morgan fingerprint density at radius 3 is 2.30 bits per heavy atom. The number of rotatable bonds is 2. The molecule has 0 aromatic heterocycles. The van der Waals surface area contributed by atoms with E-state index >= 15 is 0 Å². The molecule has 0 spiro atoms. The van der Waals surface area contributed by atoms with Crippen LogP contribution in [0.2, 0.25) is 0 Å². The highest BCUT2D eigenvalue weighted by molar-refractivity contribution is 14.1. The van der Waals surface area contributed by atoms with E-state index in [0.717, 1.165) is 9.32 Å². The zero-order chi connectivity index (χ0) is 14.9. The molecule has 2 rings (SSSR count). The summed E-state index contributed by atoms with van der Waals surface area (Å²) in [6, 6.07) is 12.2. The normalized spacial score (nSPS) is 11.4. The van der Waals surface area contributed by atoms with Gasteiger partial charge in [-0.1, -0.05) is 32.9 Å². The molecule has 3 heteroatoms. The number of anilines is 1. The third kappa shape index (κ3) is 3.45. The lowest BCUT2D eigenvalue weighted by molar-refractivity contribution is 0.456. The quantitative estimate of drug-likeness (QED) is 0.568. The number of nitrogen functional groups attached to an aromatic ring is 1. The van der Waals surface area contributed by atoms with Crippen molar-refractivity contribution < 1.29 is 4.74 Å². The summed E-state index contributed by atoms with van der Waals surface area (Å²) in [6.45, 7) is 8.61. The molecule has 106 valence electrons. The van der Waals surface area contributed by atoms with Gasteiger partial charge in [0.05, 0.1) is 5.69 Å². The minimum Gasteiger partial charge on any atom is -0.455 e. The van der Waals surface area contributed by atoms with Gasteiger partial charge in [0.15, 0.2) is 0 Å². The Bertz CT molecular complexity index is 629. The van der Waals surface area contributed by atoms with Gasteiger partial charge in [-0.2, -0.15) is 0 Å². The molecule has 0 aliphatic heterocycles. The van der Waals surface area contributed by atoms with Crippen molar-refractivity contribution in [2.45, 2.75) is 33.1 Å². The molecule has 0 fully saturated rings. The second-order valence-electron chi connectivity index (χ2n) is 6.03. The third-order valence-electron chi connectivity index (χ3n) is 3.14. The average molecular weight is 381 g/mol. The summed E-state index contributed by atoms with van der Waals surface area (Å²) in [5.74, 6) is 1.59. The predicted molar refractivity (Wildman–Crippen MR) is 93.5 cm³/mol. The zero-order valence-electron chi connectivity index (χ0n) is 12.3. The molecule has 20 heavy (non-hydrogen) atoms. The van der Waals surface area contributed by atoms with Crippen LogP contribution in [0.5, 0.6) is 11.5 Å². The Morgan fingerprint density at radius 2 is 1.70 bits per heavy atom. The van der Waals surface area contributed by atoms with Crippen molar-refractivity contribution in [3.8, 4) is 11.5 Å². The third-order valence-corrected chi connectivity index (χ3v) is 3.81. The van der Waals surface area contributed by atoms with Gasteiger partial charge < -0.3 is 10.5 Å². The highest BCUT2D eigenvalue weighted by atomic mass is 127. The lowest BCUT2D eigenvalue weighted by Crippen LogP contribution is -2.12. The average Bonchev–Trinajstić information content (AvgIpc) is 2.31. The fourth-order valence-electron chi connectivity index (χ4n) is 2.06. The summed E-state index contributed by atoms with van der Waals surface area (Å²) in [7, 11) is 0. The van der Waals surface area contributed by atoms with Gasteiger partial charge in [-0.3, -0.25) is 0 Å². The first-order chi connectivity index (χ1) is 9.27. The van der Waals surface area contributed by atoms with Gasteiger partial charge in [0.25, 0.3) is 0 Å². The van der Waals surface area contributed by atoms with Crippen molar-refractivity contribution >= 4 is 28.3 Å². The molecular weight excluding hydrogens is 361 g/mol. The molecular formula is C17H20INO. The van der Waals surface area contributed by atoms with E-state index in [4.69, 9.17) is 10.5 Å². The van der Waals surface area contributed by atoms with Crippen LogP contribution in [0.4, 0.5) is 5.69 Å². The number of halogens is 1. The van der Waals surface area contributed by atoms with Crippen LogP contribution in [0.15, 0.2) is 36.4 Å². The van der Waals surface area contributed by atoms with Crippen molar-refractivity contribution in [1.82, 2.24) is 0 Å². The van der Waals surface area contributed by atoms with Crippen LogP contribution in [-0.4, -0.2) is 0 Å². The molecule has 2 aromatic carbocycles. The molecule has 0 atom stereocenters. The van der Waals surface area contributed by atoms with Gasteiger partial charge in [-0.15, -0.1) is 0 Å². The molecule has 0 amide bonds. The molecule has 0 saturated carbocycles. The Hall–Kier alpha value is -1.23. The standard InChI is InChI=1S/C17H20INO/c1-11-5-7-13(17(2,3)4)16(9-11)20-15-8-6-12(18)10-14(15)19/h5-10H,19H2,1-4H3. The molecule has 0 aliphatic rings. The van der Waals surface area contributed by atoms with E-state index in [-0.39, 0.29) is 5.41 Å². The lowest BCUT2D eigenvalue weighted by Gasteiger charge is -2.23. The summed E-state index contributed by atoms with van der Waals surface area (Å²) in [4.78, 5) is 0. The van der Waals surface area contributed by atoms with Crippen molar-refractivity contribution in [3.05, 3.63) is 51.1 Å². The maximum absolute atomic E-state index is 6.07. The minimum atomic E-state index is 0.0288. The first-order valence-corrected chi connectivity index (χ1v) is 7.69. The SMILES string of the molecule is Cc1ccc(C(C)(C)C)c(Oc2ccc(I)cc2N)c1. The fraction of sp³-hybridized carbons (Fsp3) is 0.294. The highest BCUT2D eigenvalue weighted by Gasteiger charge is 2.19.